The van der Waals surface area contributed by atoms with E-state index in [1.54, 1.807) is 0 Å². The summed E-state index contributed by atoms with van der Waals surface area (Å²) in [6, 6.07) is 0.651. The number of rotatable bonds is 4. The van der Waals surface area contributed by atoms with E-state index >= 15 is 0 Å². The predicted molar refractivity (Wildman–Crippen MR) is 47.1 cm³/mol. The monoisotopic (exact) mass is 141 g/mol. The Morgan fingerprint density at radius 3 is 2.20 bits per heavy atom. The first-order valence-electron chi connectivity index (χ1n) is 3.90. The van der Waals surface area contributed by atoms with Crippen molar-refractivity contribution in [1.82, 2.24) is 4.90 Å². The summed E-state index contributed by atoms with van der Waals surface area (Å²) < 4.78 is 0. The fourth-order valence-corrected chi connectivity index (χ4v) is 0.879. The molecule has 0 aromatic heterocycles. The summed E-state index contributed by atoms with van der Waals surface area (Å²) in [7, 11) is 2.13. The van der Waals surface area contributed by atoms with E-state index in [0.29, 0.717) is 6.04 Å². The van der Waals surface area contributed by atoms with Crippen LogP contribution in [0.5, 0.6) is 0 Å². The van der Waals surface area contributed by atoms with Gasteiger partial charge in [0.05, 0.1) is 0 Å². The zero-order chi connectivity index (χ0) is 8.15. The fourth-order valence-electron chi connectivity index (χ4n) is 0.879. The molecule has 0 rings (SSSR count). The summed E-state index contributed by atoms with van der Waals surface area (Å²) in [5.74, 6) is 0.727. The summed E-state index contributed by atoms with van der Waals surface area (Å²) in [6.07, 6.45) is 1.94. The summed E-state index contributed by atoms with van der Waals surface area (Å²) in [5, 5.41) is 0. The summed E-state index contributed by atoms with van der Waals surface area (Å²) in [4.78, 5) is 2.30. The molecular formula is C9H19N. The van der Waals surface area contributed by atoms with Crippen LogP contribution in [0.15, 0.2) is 12.7 Å². The minimum Gasteiger partial charge on any atom is -0.300 e. The highest BCUT2D eigenvalue weighted by Crippen LogP contribution is 2.06. The van der Waals surface area contributed by atoms with Crippen molar-refractivity contribution in [2.24, 2.45) is 5.92 Å². The minimum atomic E-state index is 0.651. The molecule has 0 aliphatic carbocycles. The zero-order valence-corrected chi connectivity index (χ0v) is 7.59. The van der Waals surface area contributed by atoms with Crippen LogP contribution in [-0.2, 0) is 0 Å². The van der Waals surface area contributed by atoms with Crippen LogP contribution in [0.4, 0.5) is 0 Å². The lowest BCUT2D eigenvalue weighted by molar-refractivity contribution is 0.228. The number of likely N-dealkylation sites (N-methyl/N-ethyl adjacent to an activating group) is 1. The Balaban J connectivity index is 3.68. The van der Waals surface area contributed by atoms with Gasteiger partial charge in [0.2, 0.25) is 0 Å². The van der Waals surface area contributed by atoms with Crippen molar-refractivity contribution in [3.8, 4) is 0 Å². The van der Waals surface area contributed by atoms with Crippen molar-refractivity contribution in [3.63, 3.8) is 0 Å². The van der Waals surface area contributed by atoms with Crippen LogP contribution in [0.1, 0.15) is 20.8 Å². The maximum Gasteiger partial charge on any atom is 0.0160 e. The maximum atomic E-state index is 3.70. The van der Waals surface area contributed by atoms with Gasteiger partial charge in [-0.1, -0.05) is 19.9 Å². The van der Waals surface area contributed by atoms with E-state index in [1.807, 2.05) is 6.08 Å². The molecule has 10 heavy (non-hydrogen) atoms. The van der Waals surface area contributed by atoms with Gasteiger partial charge in [-0.3, -0.25) is 4.90 Å². The molecule has 1 heteroatoms. The highest BCUT2D eigenvalue weighted by Gasteiger charge is 2.10. The van der Waals surface area contributed by atoms with Crippen molar-refractivity contribution >= 4 is 0 Å². The molecule has 0 aromatic rings. The van der Waals surface area contributed by atoms with Crippen molar-refractivity contribution in [2.75, 3.05) is 13.6 Å². The molecule has 0 aliphatic heterocycles. The highest BCUT2D eigenvalue weighted by atomic mass is 15.1. The molecule has 0 radical (unpaired) electrons. The SMILES string of the molecule is C=CCN(C)C(C)C(C)C. The van der Waals surface area contributed by atoms with E-state index in [0.717, 1.165) is 12.5 Å². The Kier molecular flexibility index (Phi) is 4.37. The van der Waals surface area contributed by atoms with Gasteiger partial charge >= 0.3 is 0 Å². The largest absolute Gasteiger partial charge is 0.300 e. The van der Waals surface area contributed by atoms with Crippen LogP contribution in [0.2, 0.25) is 0 Å². The lowest BCUT2D eigenvalue weighted by atomic mass is 10.1. The number of nitrogens with zero attached hydrogens (tertiary/aromatic N) is 1. The average Bonchev–Trinajstić information content (AvgIpc) is 1.87. The van der Waals surface area contributed by atoms with Crippen LogP contribution in [0.25, 0.3) is 0 Å². The Bertz CT molecular complexity index is 96.9. The molecule has 0 heterocycles. The van der Waals surface area contributed by atoms with E-state index in [-0.39, 0.29) is 0 Å². The van der Waals surface area contributed by atoms with Gasteiger partial charge in [-0.2, -0.15) is 0 Å². The predicted octanol–water partition coefficient (Wildman–Crippen LogP) is 2.15. The first kappa shape index (κ1) is 9.70. The second-order valence-corrected chi connectivity index (χ2v) is 3.21. The van der Waals surface area contributed by atoms with Gasteiger partial charge in [-0.05, 0) is 19.9 Å². The molecule has 0 fully saturated rings. The third-order valence-electron chi connectivity index (χ3n) is 2.08. The van der Waals surface area contributed by atoms with E-state index in [1.165, 1.54) is 0 Å². The van der Waals surface area contributed by atoms with Crippen LogP contribution in [0, 0.1) is 5.92 Å². The Labute approximate surface area is 64.7 Å². The van der Waals surface area contributed by atoms with Gasteiger partial charge < -0.3 is 0 Å². The Hall–Kier alpha value is -0.300. The molecular weight excluding hydrogens is 122 g/mol. The second-order valence-electron chi connectivity index (χ2n) is 3.21. The van der Waals surface area contributed by atoms with E-state index < -0.39 is 0 Å². The van der Waals surface area contributed by atoms with Crippen molar-refractivity contribution in [3.05, 3.63) is 12.7 Å². The molecule has 0 aromatic carbocycles. The second kappa shape index (κ2) is 4.51. The number of hydrogen-bond donors (Lipinski definition) is 0. The van der Waals surface area contributed by atoms with Crippen molar-refractivity contribution in [2.45, 2.75) is 26.8 Å². The maximum absolute atomic E-state index is 3.70. The highest BCUT2D eigenvalue weighted by molar-refractivity contribution is 4.75. The molecule has 0 saturated heterocycles. The lowest BCUT2D eigenvalue weighted by Gasteiger charge is -2.26. The standard InChI is InChI=1S/C9H19N/c1-6-7-10(5)9(4)8(2)3/h6,8-9H,1,7H2,2-5H3. The third kappa shape index (κ3) is 3.02. The molecule has 0 bridgehead atoms. The molecule has 0 saturated carbocycles. The molecule has 0 amide bonds. The molecule has 0 spiro atoms. The van der Waals surface area contributed by atoms with Gasteiger partial charge in [0.1, 0.15) is 0 Å². The average molecular weight is 141 g/mol. The van der Waals surface area contributed by atoms with Crippen molar-refractivity contribution in [1.29, 1.82) is 0 Å². The Morgan fingerprint density at radius 1 is 1.40 bits per heavy atom. The van der Waals surface area contributed by atoms with E-state index in [9.17, 15) is 0 Å². The molecule has 0 aliphatic rings. The van der Waals surface area contributed by atoms with E-state index in [4.69, 9.17) is 0 Å². The normalized spacial score (nSPS) is 14.2. The summed E-state index contributed by atoms with van der Waals surface area (Å²) >= 11 is 0. The fraction of sp³-hybridized carbons (Fsp3) is 0.778. The van der Waals surface area contributed by atoms with Gasteiger partial charge in [-0.15, -0.1) is 6.58 Å². The molecule has 0 N–H and O–H groups in total. The van der Waals surface area contributed by atoms with Gasteiger partial charge in [0.25, 0.3) is 0 Å². The van der Waals surface area contributed by atoms with Gasteiger partial charge in [-0.25, -0.2) is 0 Å². The Morgan fingerprint density at radius 2 is 1.90 bits per heavy atom. The zero-order valence-electron chi connectivity index (χ0n) is 7.59. The van der Waals surface area contributed by atoms with Crippen molar-refractivity contribution < 1.29 is 0 Å². The topological polar surface area (TPSA) is 3.24 Å². The smallest absolute Gasteiger partial charge is 0.0160 e. The number of hydrogen-bond acceptors (Lipinski definition) is 1. The van der Waals surface area contributed by atoms with Crippen LogP contribution in [0.3, 0.4) is 0 Å². The van der Waals surface area contributed by atoms with Crippen LogP contribution >= 0.6 is 0 Å². The molecule has 1 unspecified atom stereocenters. The molecule has 1 nitrogen and oxygen atoms in total. The lowest BCUT2D eigenvalue weighted by Crippen LogP contribution is -2.33. The molecule has 60 valence electrons. The summed E-state index contributed by atoms with van der Waals surface area (Å²) in [6.45, 7) is 11.4. The third-order valence-corrected chi connectivity index (χ3v) is 2.08. The van der Waals surface area contributed by atoms with Crippen LogP contribution in [-0.4, -0.2) is 24.5 Å². The van der Waals surface area contributed by atoms with Crippen LogP contribution < -0.4 is 0 Å². The first-order chi connectivity index (χ1) is 4.59. The first-order valence-corrected chi connectivity index (χ1v) is 3.90. The van der Waals surface area contributed by atoms with Gasteiger partial charge in [0.15, 0.2) is 0 Å². The molecule has 1 atom stereocenters. The van der Waals surface area contributed by atoms with Gasteiger partial charge in [0, 0.05) is 12.6 Å². The van der Waals surface area contributed by atoms with E-state index in [2.05, 4.69) is 39.3 Å². The minimum absolute atomic E-state index is 0.651. The summed E-state index contributed by atoms with van der Waals surface area (Å²) in [5.41, 5.74) is 0. The quantitative estimate of drug-likeness (QED) is 0.542.